The lowest BCUT2D eigenvalue weighted by molar-refractivity contribution is 1.24. The zero-order valence-electron chi connectivity index (χ0n) is 6.24. The highest BCUT2D eigenvalue weighted by Crippen LogP contribution is 2.19. The van der Waals surface area contributed by atoms with Crippen molar-refractivity contribution in [1.82, 2.24) is 4.98 Å². The third-order valence-corrected chi connectivity index (χ3v) is 2.43. The van der Waals surface area contributed by atoms with Gasteiger partial charge in [-0.3, -0.25) is 4.99 Å². The van der Waals surface area contributed by atoms with Gasteiger partial charge >= 0.3 is 0 Å². The van der Waals surface area contributed by atoms with E-state index in [0.29, 0.717) is 0 Å². The number of aromatic nitrogens is 1. The van der Waals surface area contributed by atoms with E-state index >= 15 is 0 Å². The molecule has 1 aromatic heterocycles. The zero-order chi connectivity index (χ0) is 7.68. The lowest BCUT2D eigenvalue weighted by Crippen LogP contribution is -1.82. The Balaban J connectivity index is 2.56. The number of nitrogens with zero attached hydrogens (tertiary/aromatic N) is 2. The highest BCUT2D eigenvalue weighted by atomic mass is 32.1. The van der Waals surface area contributed by atoms with E-state index in [2.05, 4.69) is 22.1 Å². The molecule has 0 N–H and O–H groups in total. The largest absolute Gasteiger partial charge is 0.287 e. The maximum Gasteiger partial charge on any atom is 0.0993 e. The highest BCUT2D eigenvalue weighted by Gasteiger charge is 2.04. The number of hydrogen-bond donors (Lipinski definition) is 0. The maximum atomic E-state index is 4.33. The van der Waals surface area contributed by atoms with Gasteiger partial charge in [-0.05, 0) is 13.0 Å². The normalized spacial score (nSPS) is 14.6. The second-order valence-corrected chi connectivity index (χ2v) is 3.61. The fourth-order valence-electron chi connectivity index (χ4n) is 1.03. The Morgan fingerprint density at radius 2 is 2.45 bits per heavy atom. The third-order valence-electron chi connectivity index (χ3n) is 1.48. The molecule has 1 aromatic rings. The van der Waals surface area contributed by atoms with E-state index in [4.69, 9.17) is 0 Å². The van der Waals surface area contributed by atoms with Crippen molar-refractivity contribution in [1.29, 1.82) is 0 Å². The standard InChI is InChI=1S/C8H8N2S/c1-6-10-7-5-9-4-2-3-8(7)11-6/h2-3,5H,4H2,1H3. The van der Waals surface area contributed by atoms with Crippen molar-refractivity contribution < 1.29 is 0 Å². The number of aliphatic imine (C=N–C) groups is 1. The molecule has 0 atom stereocenters. The first-order valence-electron chi connectivity index (χ1n) is 3.50. The highest BCUT2D eigenvalue weighted by molar-refractivity contribution is 7.12. The summed E-state index contributed by atoms with van der Waals surface area (Å²) in [4.78, 5) is 9.71. The zero-order valence-corrected chi connectivity index (χ0v) is 7.06. The fourth-order valence-corrected chi connectivity index (χ4v) is 1.86. The molecule has 3 heteroatoms. The van der Waals surface area contributed by atoms with Crippen molar-refractivity contribution >= 4 is 23.6 Å². The van der Waals surface area contributed by atoms with Crippen LogP contribution in [0.15, 0.2) is 11.1 Å². The quantitative estimate of drug-likeness (QED) is 0.575. The molecular formula is C8H8N2S. The van der Waals surface area contributed by atoms with Crippen LogP contribution in [0.1, 0.15) is 15.6 Å². The summed E-state index contributed by atoms with van der Waals surface area (Å²) in [5.41, 5.74) is 1.02. The Bertz CT molecular complexity index is 293. The summed E-state index contributed by atoms with van der Waals surface area (Å²) < 4.78 is 0. The average molecular weight is 164 g/mol. The number of fused-ring (bicyclic) bond motifs is 1. The molecule has 0 aliphatic carbocycles. The van der Waals surface area contributed by atoms with E-state index in [1.807, 2.05) is 13.1 Å². The summed E-state index contributed by atoms with van der Waals surface area (Å²) in [6.45, 7) is 2.79. The molecule has 2 heterocycles. The molecule has 0 aromatic carbocycles. The van der Waals surface area contributed by atoms with Gasteiger partial charge in [0.05, 0.1) is 22.1 Å². The van der Waals surface area contributed by atoms with Crippen molar-refractivity contribution in [2.45, 2.75) is 6.92 Å². The summed E-state index contributed by atoms with van der Waals surface area (Å²) in [7, 11) is 0. The van der Waals surface area contributed by atoms with E-state index in [9.17, 15) is 0 Å². The molecule has 2 nitrogen and oxygen atoms in total. The Morgan fingerprint density at radius 1 is 1.55 bits per heavy atom. The van der Waals surface area contributed by atoms with Crippen molar-refractivity contribution in [3.8, 4) is 0 Å². The topological polar surface area (TPSA) is 25.2 Å². The molecule has 0 spiro atoms. The molecule has 11 heavy (non-hydrogen) atoms. The lowest BCUT2D eigenvalue weighted by Gasteiger charge is -1.81. The molecule has 56 valence electrons. The van der Waals surface area contributed by atoms with Crippen LogP contribution in [-0.4, -0.2) is 17.7 Å². The second kappa shape index (κ2) is 2.58. The van der Waals surface area contributed by atoms with Gasteiger partial charge < -0.3 is 0 Å². The van der Waals surface area contributed by atoms with Crippen molar-refractivity contribution in [2.75, 3.05) is 6.54 Å². The number of aryl methyl sites for hydroxylation is 1. The molecule has 0 fully saturated rings. The maximum absolute atomic E-state index is 4.33. The molecule has 0 saturated heterocycles. The SMILES string of the molecule is Cc1nc2c(s1)C=CCN=C2. The molecule has 1 aliphatic rings. The summed E-state index contributed by atoms with van der Waals surface area (Å²) >= 11 is 1.71. The number of thiazole rings is 1. The third kappa shape index (κ3) is 1.24. The molecule has 0 unspecified atom stereocenters. The predicted octanol–water partition coefficient (Wildman–Crippen LogP) is 1.90. The van der Waals surface area contributed by atoms with Gasteiger partial charge in [-0.25, -0.2) is 4.98 Å². The minimum Gasteiger partial charge on any atom is -0.287 e. The molecule has 1 aliphatic heterocycles. The van der Waals surface area contributed by atoms with Crippen LogP contribution in [0.4, 0.5) is 0 Å². The Labute approximate surface area is 69.3 Å². The average Bonchev–Trinajstić information content (AvgIpc) is 2.17. The number of hydrogen-bond acceptors (Lipinski definition) is 3. The van der Waals surface area contributed by atoms with Gasteiger partial charge in [-0.1, -0.05) is 6.08 Å². The van der Waals surface area contributed by atoms with E-state index in [1.165, 1.54) is 4.88 Å². The van der Waals surface area contributed by atoms with Crippen LogP contribution in [0.5, 0.6) is 0 Å². The Morgan fingerprint density at radius 3 is 3.36 bits per heavy atom. The van der Waals surface area contributed by atoms with Gasteiger partial charge in [0, 0.05) is 6.21 Å². The van der Waals surface area contributed by atoms with E-state index in [0.717, 1.165) is 17.2 Å². The monoisotopic (exact) mass is 164 g/mol. The summed E-state index contributed by atoms with van der Waals surface area (Å²) in [5, 5.41) is 1.10. The molecule has 0 radical (unpaired) electrons. The minimum atomic E-state index is 0.780. The first-order chi connectivity index (χ1) is 5.36. The van der Waals surface area contributed by atoms with E-state index in [1.54, 1.807) is 11.3 Å². The number of rotatable bonds is 0. The van der Waals surface area contributed by atoms with Gasteiger partial charge in [0.25, 0.3) is 0 Å². The Hall–Kier alpha value is -0.960. The summed E-state index contributed by atoms with van der Waals surface area (Å²) in [5.74, 6) is 0. The molecule has 0 amide bonds. The molecule has 2 rings (SSSR count). The van der Waals surface area contributed by atoms with Crippen LogP contribution in [-0.2, 0) is 0 Å². The minimum absolute atomic E-state index is 0.780. The van der Waals surface area contributed by atoms with Gasteiger partial charge in [0.2, 0.25) is 0 Å². The summed E-state index contributed by atoms with van der Waals surface area (Å²) in [6, 6.07) is 0. The van der Waals surface area contributed by atoms with Gasteiger partial charge in [-0.2, -0.15) is 0 Å². The van der Waals surface area contributed by atoms with Gasteiger partial charge in [0.1, 0.15) is 0 Å². The summed E-state index contributed by atoms with van der Waals surface area (Å²) in [6.07, 6.45) is 5.99. The molecule has 0 bridgehead atoms. The van der Waals surface area contributed by atoms with Crippen LogP contribution in [0.25, 0.3) is 6.08 Å². The van der Waals surface area contributed by atoms with Gasteiger partial charge in [-0.15, -0.1) is 11.3 Å². The van der Waals surface area contributed by atoms with Crippen molar-refractivity contribution in [2.24, 2.45) is 4.99 Å². The predicted molar refractivity (Wildman–Crippen MR) is 48.3 cm³/mol. The van der Waals surface area contributed by atoms with Crippen molar-refractivity contribution in [3.63, 3.8) is 0 Å². The Kier molecular flexibility index (Phi) is 1.58. The first kappa shape index (κ1) is 6.73. The molecular weight excluding hydrogens is 156 g/mol. The van der Waals surface area contributed by atoms with E-state index in [-0.39, 0.29) is 0 Å². The van der Waals surface area contributed by atoms with Crippen LogP contribution in [0.2, 0.25) is 0 Å². The van der Waals surface area contributed by atoms with Crippen molar-refractivity contribution in [3.05, 3.63) is 21.7 Å². The fraction of sp³-hybridized carbons (Fsp3) is 0.250. The lowest BCUT2D eigenvalue weighted by atomic mass is 10.4. The van der Waals surface area contributed by atoms with Crippen LogP contribution < -0.4 is 0 Å². The second-order valence-electron chi connectivity index (χ2n) is 2.38. The van der Waals surface area contributed by atoms with Gasteiger partial charge in [0.15, 0.2) is 0 Å². The molecule has 0 saturated carbocycles. The van der Waals surface area contributed by atoms with Crippen LogP contribution in [0, 0.1) is 6.92 Å². The first-order valence-corrected chi connectivity index (χ1v) is 4.32. The van der Waals surface area contributed by atoms with E-state index < -0.39 is 0 Å². The van der Waals surface area contributed by atoms with Crippen LogP contribution >= 0.6 is 11.3 Å². The smallest absolute Gasteiger partial charge is 0.0993 e. The van der Waals surface area contributed by atoms with Crippen LogP contribution in [0.3, 0.4) is 0 Å².